The first-order valence-electron chi connectivity index (χ1n) is 6.71. The lowest BCUT2D eigenvalue weighted by Gasteiger charge is -2.23. The van der Waals surface area contributed by atoms with E-state index in [0.717, 1.165) is 5.56 Å². The van der Waals surface area contributed by atoms with E-state index in [4.69, 9.17) is 0 Å². The highest BCUT2D eigenvalue weighted by atomic mass is 32.2. The number of aryl methyl sites for hydroxylation is 1. The fourth-order valence-electron chi connectivity index (χ4n) is 2.06. The van der Waals surface area contributed by atoms with Gasteiger partial charge in [0.15, 0.2) is 11.6 Å². The Morgan fingerprint density at radius 1 is 0.905 bits per heavy atom. The van der Waals surface area contributed by atoms with Crippen molar-refractivity contribution < 1.29 is 13.8 Å². The number of benzene rings is 1. The first-order chi connectivity index (χ1) is 9.70. The van der Waals surface area contributed by atoms with Crippen molar-refractivity contribution in [1.29, 1.82) is 0 Å². The lowest BCUT2D eigenvalue weighted by atomic mass is 9.81. The smallest absolute Gasteiger partial charge is 0.195 e. The van der Waals surface area contributed by atoms with Crippen molar-refractivity contribution in [1.82, 2.24) is 0 Å². The number of ketones is 2. The standard InChI is InChI=1S/C17H18O3S/c1-11-5-7-12(8-6-11)21(20)16-10-14(18)13(9-15(16)19)17(2,3)4/h5-10H,1-4H3/t21-/m0/s1. The quantitative estimate of drug-likeness (QED) is 0.789. The van der Waals surface area contributed by atoms with Crippen LogP contribution in [0.25, 0.3) is 0 Å². The van der Waals surface area contributed by atoms with Gasteiger partial charge >= 0.3 is 0 Å². The van der Waals surface area contributed by atoms with Gasteiger partial charge in [0.05, 0.1) is 15.7 Å². The molecule has 0 aliphatic heterocycles. The fourth-order valence-corrected chi connectivity index (χ4v) is 3.15. The molecule has 110 valence electrons. The van der Waals surface area contributed by atoms with Crippen molar-refractivity contribution >= 4 is 22.4 Å². The van der Waals surface area contributed by atoms with E-state index in [1.165, 1.54) is 12.2 Å². The summed E-state index contributed by atoms with van der Waals surface area (Å²) in [6, 6.07) is 7.10. The Morgan fingerprint density at radius 2 is 1.48 bits per heavy atom. The summed E-state index contributed by atoms with van der Waals surface area (Å²) in [5, 5.41) is 0. The van der Waals surface area contributed by atoms with Gasteiger partial charge < -0.3 is 0 Å². The molecule has 2 rings (SSSR count). The summed E-state index contributed by atoms with van der Waals surface area (Å²) < 4.78 is 12.5. The van der Waals surface area contributed by atoms with Crippen molar-refractivity contribution in [2.24, 2.45) is 5.41 Å². The molecule has 1 aromatic carbocycles. The highest BCUT2D eigenvalue weighted by Gasteiger charge is 2.30. The van der Waals surface area contributed by atoms with E-state index in [9.17, 15) is 13.8 Å². The van der Waals surface area contributed by atoms with Crippen LogP contribution < -0.4 is 0 Å². The van der Waals surface area contributed by atoms with Crippen molar-refractivity contribution in [3.63, 3.8) is 0 Å². The predicted octanol–water partition coefficient (Wildman–Crippen LogP) is 3.11. The van der Waals surface area contributed by atoms with Crippen LogP contribution in [0.4, 0.5) is 0 Å². The Kier molecular flexibility index (Phi) is 4.10. The van der Waals surface area contributed by atoms with Crippen molar-refractivity contribution in [2.45, 2.75) is 32.6 Å². The zero-order chi connectivity index (χ0) is 15.8. The monoisotopic (exact) mass is 302 g/mol. The summed E-state index contributed by atoms with van der Waals surface area (Å²) in [7, 11) is -1.62. The van der Waals surface area contributed by atoms with E-state index in [1.807, 2.05) is 39.8 Å². The Bertz CT molecular complexity index is 686. The number of hydrogen-bond acceptors (Lipinski definition) is 3. The number of rotatable bonds is 2. The predicted molar refractivity (Wildman–Crippen MR) is 83.2 cm³/mol. The average molecular weight is 302 g/mol. The minimum atomic E-state index is -1.62. The topological polar surface area (TPSA) is 51.2 Å². The molecule has 0 fully saturated rings. The molecular formula is C17H18O3S. The molecule has 0 N–H and O–H groups in total. The van der Waals surface area contributed by atoms with E-state index in [-0.39, 0.29) is 16.5 Å². The maximum atomic E-state index is 12.5. The van der Waals surface area contributed by atoms with Crippen LogP contribution in [-0.2, 0) is 20.4 Å². The molecule has 1 aliphatic carbocycles. The molecule has 0 bridgehead atoms. The lowest BCUT2D eigenvalue weighted by molar-refractivity contribution is -0.115. The summed E-state index contributed by atoms with van der Waals surface area (Å²) in [4.78, 5) is 24.9. The molecular weight excluding hydrogens is 284 g/mol. The number of carbonyl (C=O) groups excluding carboxylic acids is 2. The molecule has 0 radical (unpaired) electrons. The summed E-state index contributed by atoms with van der Waals surface area (Å²) in [5.41, 5.74) is 1.10. The fraction of sp³-hybridized carbons (Fsp3) is 0.294. The molecule has 0 aromatic heterocycles. The average Bonchev–Trinajstić information content (AvgIpc) is 2.40. The Labute approximate surface area is 127 Å². The van der Waals surface area contributed by atoms with Crippen LogP contribution in [-0.4, -0.2) is 15.8 Å². The van der Waals surface area contributed by atoms with E-state index in [0.29, 0.717) is 10.5 Å². The third-order valence-corrected chi connectivity index (χ3v) is 4.71. The van der Waals surface area contributed by atoms with Crippen LogP contribution in [0, 0.1) is 12.3 Å². The molecule has 3 nitrogen and oxygen atoms in total. The van der Waals surface area contributed by atoms with Crippen LogP contribution in [0.3, 0.4) is 0 Å². The van der Waals surface area contributed by atoms with Gasteiger partial charge in [0.1, 0.15) is 0 Å². The highest BCUT2D eigenvalue weighted by molar-refractivity contribution is 7.90. The van der Waals surface area contributed by atoms with Gasteiger partial charge in [-0.3, -0.25) is 9.59 Å². The molecule has 4 heteroatoms. The van der Waals surface area contributed by atoms with Gasteiger partial charge in [-0.25, -0.2) is 4.21 Å². The van der Waals surface area contributed by atoms with Crippen molar-refractivity contribution in [3.8, 4) is 0 Å². The third kappa shape index (κ3) is 3.27. The van der Waals surface area contributed by atoms with Gasteiger partial charge in [0.25, 0.3) is 0 Å². The molecule has 0 saturated carbocycles. The van der Waals surface area contributed by atoms with E-state index >= 15 is 0 Å². The maximum Gasteiger partial charge on any atom is 0.195 e. The zero-order valence-corrected chi connectivity index (χ0v) is 13.4. The number of carbonyl (C=O) groups is 2. The van der Waals surface area contributed by atoms with Crippen LogP contribution >= 0.6 is 0 Å². The van der Waals surface area contributed by atoms with Crippen molar-refractivity contribution in [2.75, 3.05) is 0 Å². The summed E-state index contributed by atoms with van der Waals surface area (Å²) in [6.45, 7) is 7.55. The largest absolute Gasteiger partial charge is 0.290 e. The zero-order valence-electron chi connectivity index (χ0n) is 12.6. The second kappa shape index (κ2) is 5.53. The summed E-state index contributed by atoms with van der Waals surface area (Å²) >= 11 is 0. The van der Waals surface area contributed by atoms with Crippen LogP contribution in [0.15, 0.2) is 51.8 Å². The van der Waals surface area contributed by atoms with Gasteiger partial charge in [0.2, 0.25) is 0 Å². The van der Waals surface area contributed by atoms with Gasteiger partial charge in [-0.2, -0.15) is 0 Å². The van der Waals surface area contributed by atoms with Gasteiger partial charge in [-0.15, -0.1) is 0 Å². The maximum absolute atomic E-state index is 12.5. The molecule has 0 amide bonds. The first kappa shape index (κ1) is 15.6. The number of hydrogen-bond donors (Lipinski definition) is 0. The summed E-state index contributed by atoms with van der Waals surface area (Å²) in [5.74, 6) is -0.587. The third-order valence-electron chi connectivity index (χ3n) is 3.29. The number of allylic oxidation sites excluding steroid dienone is 4. The van der Waals surface area contributed by atoms with Gasteiger partial charge in [-0.1, -0.05) is 38.5 Å². The minimum absolute atomic E-state index is 0.0526. The van der Waals surface area contributed by atoms with E-state index in [1.54, 1.807) is 12.1 Å². The molecule has 1 aromatic rings. The Morgan fingerprint density at radius 3 is 2.00 bits per heavy atom. The highest BCUT2D eigenvalue weighted by Crippen LogP contribution is 2.31. The molecule has 1 atom stereocenters. The SMILES string of the molecule is Cc1ccc([S@](=O)C2=CC(=O)C(C(C)(C)C)=CC2=O)cc1. The molecule has 1 aliphatic rings. The van der Waals surface area contributed by atoms with Gasteiger partial charge in [0, 0.05) is 16.5 Å². The normalized spacial score (nSPS) is 17.3. The van der Waals surface area contributed by atoms with Crippen LogP contribution in [0.5, 0.6) is 0 Å². The molecule has 0 spiro atoms. The molecule has 0 saturated heterocycles. The molecule has 0 unspecified atom stereocenters. The summed E-state index contributed by atoms with van der Waals surface area (Å²) in [6.07, 6.45) is 2.54. The molecule has 21 heavy (non-hydrogen) atoms. The Balaban J connectivity index is 2.35. The second-order valence-corrected chi connectivity index (χ2v) is 7.58. The molecule has 0 heterocycles. The van der Waals surface area contributed by atoms with Gasteiger partial charge in [-0.05, 0) is 30.5 Å². The van der Waals surface area contributed by atoms with Crippen LogP contribution in [0.2, 0.25) is 0 Å². The first-order valence-corrected chi connectivity index (χ1v) is 7.86. The van der Waals surface area contributed by atoms with E-state index < -0.39 is 16.2 Å². The Hall–Kier alpha value is -1.81. The van der Waals surface area contributed by atoms with Crippen molar-refractivity contribution in [3.05, 3.63) is 52.5 Å². The second-order valence-electron chi connectivity index (χ2n) is 6.13. The minimum Gasteiger partial charge on any atom is -0.290 e. The van der Waals surface area contributed by atoms with Crippen LogP contribution in [0.1, 0.15) is 26.3 Å². The lowest BCUT2D eigenvalue weighted by Crippen LogP contribution is -2.24. The van der Waals surface area contributed by atoms with E-state index in [2.05, 4.69) is 0 Å².